The Kier molecular flexibility index (Phi) is 3.74. The van der Waals surface area contributed by atoms with Crippen LogP contribution in [0.1, 0.15) is 28.6 Å². The van der Waals surface area contributed by atoms with Crippen molar-refractivity contribution in [3.63, 3.8) is 0 Å². The summed E-state index contributed by atoms with van der Waals surface area (Å²) in [4.78, 5) is 4.47. The normalized spacial score (nSPS) is 12.7. The predicted molar refractivity (Wildman–Crippen MR) is 70.7 cm³/mol. The third-order valence-electron chi connectivity index (χ3n) is 3.04. The number of nitrogens with two attached hydrogens (primary N) is 1. The van der Waals surface area contributed by atoms with Gasteiger partial charge in [-0.15, -0.1) is 0 Å². The molecule has 0 saturated carbocycles. The Morgan fingerprint density at radius 1 is 1.39 bits per heavy atom. The van der Waals surface area contributed by atoms with E-state index in [0.29, 0.717) is 0 Å². The number of nitrogens with one attached hydrogen (secondary N) is 1. The summed E-state index contributed by atoms with van der Waals surface area (Å²) in [5.41, 5.74) is 7.18. The van der Waals surface area contributed by atoms with Crippen LogP contribution in [-0.4, -0.2) is 14.8 Å². The van der Waals surface area contributed by atoms with Crippen LogP contribution in [0.5, 0.6) is 0 Å². The Bertz CT molecular complexity index is 532. The van der Waals surface area contributed by atoms with E-state index in [0.717, 1.165) is 28.9 Å². The van der Waals surface area contributed by atoms with Gasteiger partial charge in [0.05, 0.1) is 12.2 Å². The summed E-state index contributed by atoms with van der Waals surface area (Å²) < 4.78 is 1.79. The standard InChI is InChI=1S/C13H19N5/c1-9-4-5-12(10(2)16-9)13(17-14)6-11-7-15-18(3)8-11/h4-5,7-8,13,17H,6,14H2,1-3H3. The van der Waals surface area contributed by atoms with Crippen LogP contribution in [0.2, 0.25) is 0 Å². The summed E-state index contributed by atoms with van der Waals surface area (Å²) in [6.45, 7) is 4.00. The van der Waals surface area contributed by atoms with E-state index in [4.69, 9.17) is 5.84 Å². The largest absolute Gasteiger partial charge is 0.276 e. The summed E-state index contributed by atoms with van der Waals surface area (Å²) >= 11 is 0. The van der Waals surface area contributed by atoms with Crippen LogP contribution < -0.4 is 11.3 Å². The molecule has 5 nitrogen and oxygen atoms in total. The average molecular weight is 245 g/mol. The first-order chi connectivity index (χ1) is 8.60. The summed E-state index contributed by atoms with van der Waals surface area (Å²) in [6, 6.07) is 4.15. The predicted octanol–water partition coefficient (Wildman–Crippen LogP) is 1.18. The van der Waals surface area contributed by atoms with Crippen molar-refractivity contribution >= 4 is 0 Å². The molecule has 0 radical (unpaired) electrons. The molecule has 96 valence electrons. The summed E-state index contributed by atoms with van der Waals surface area (Å²) in [5.74, 6) is 5.66. The second kappa shape index (κ2) is 5.29. The van der Waals surface area contributed by atoms with Crippen molar-refractivity contribution < 1.29 is 0 Å². The van der Waals surface area contributed by atoms with Gasteiger partial charge in [0, 0.05) is 24.6 Å². The van der Waals surface area contributed by atoms with E-state index < -0.39 is 0 Å². The van der Waals surface area contributed by atoms with E-state index in [1.54, 1.807) is 4.68 Å². The van der Waals surface area contributed by atoms with E-state index in [2.05, 4.69) is 21.6 Å². The number of hydrogen-bond donors (Lipinski definition) is 2. The molecule has 1 atom stereocenters. The molecule has 0 fully saturated rings. The molecule has 18 heavy (non-hydrogen) atoms. The van der Waals surface area contributed by atoms with Crippen molar-refractivity contribution in [2.45, 2.75) is 26.3 Å². The average Bonchev–Trinajstić information content (AvgIpc) is 2.72. The number of aryl methyl sites for hydroxylation is 3. The molecule has 5 heteroatoms. The molecular formula is C13H19N5. The lowest BCUT2D eigenvalue weighted by molar-refractivity contribution is 0.546. The van der Waals surface area contributed by atoms with Crippen molar-refractivity contribution in [3.8, 4) is 0 Å². The van der Waals surface area contributed by atoms with E-state index in [1.165, 1.54) is 0 Å². The van der Waals surface area contributed by atoms with Crippen molar-refractivity contribution in [3.05, 3.63) is 47.0 Å². The minimum atomic E-state index is 0.0577. The minimum Gasteiger partial charge on any atom is -0.276 e. The van der Waals surface area contributed by atoms with Gasteiger partial charge in [0.1, 0.15) is 0 Å². The highest BCUT2D eigenvalue weighted by molar-refractivity contribution is 5.26. The van der Waals surface area contributed by atoms with Gasteiger partial charge >= 0.3 is 0 Å². The number of pyridine rings is 1. The fourth-order valence-corrected chi connectivity index (χ4v) is 2.14. The van der Waals surface area contributed by atoms with Gasteiger partial charge in [-0.1, -0.05) is 6.07 Å². The van der Waals surface area contributed by atoms with Crippen molar-refractivity contribution in [1.82, 2.24) is 20.2 Å². The maximum absolute atomic E-state index is 5.66. The smallest absolute Gasteiger partial charge is 0.0522 e. The zero-order valence-electron chi connectivity index (χ0n) is 11.0. The molecule has 0 aliphatic rings. The highest BCUT2D eigenvalue weighted by atomic mass is 15.2. The Balaban J connectivity index is 2.22. The monoisotopic (exact) mass is 245 g/mol. The third-order valence-corrected chi connectivity index (χ3v) is 3.04. The van der Waals surface area contributed by atoms with E-state index >= 15 is 0 Å². The lowest BCUT2D eigenvalue weighted by Gasteiger charge is -2.17. The Morgan fingerprint density at radius 2 is 2.17 bits per heavy atom. The van der Waals surface area contributed by atoms with Crippen LogP contribution in [-0.2, 0) is 13.5 Å². The van der Waals surface area contributed by atoms with Crippen molar-refractivity contribution in [2.75, 3.05) is 0 Å². The number of rotatable bonds is 4. The van der Waals surface area contributed by atoms with E-state index in [1.807, 2.05) is 39.4 Å². The second-order valence-corrected chi connectivity index (χ2v) is 4.57. The SMILES string of the molecule is Cc1ccc(C(Cc2cnn(C)c2)NN)c(C)n1. The number of hydrogen-bond acceptors (Lipinski definition) is 4. The first-order valence-corrected chi connectivity index (χ1v) is 5.98. The van der Waals surface area contributed by atoms with Crippen LogP contribution in [0, 0.1) is 13.8 Å². The zero-order valence-corrected chi connectivity index (χ0v) is 11.0. The fraction of sp³-hybridized carbons (Fsp3) is 0.385. The van der Waals surface area contributed by atoms with Gasteiger partial charge < -0.3 is 0 Å². The first-order valence-electron chi connectivity index (χ1n) is 5.98. The van der Waals surface area contributed by atoms with Crippen LogP contribution >= 0.6 is 0 Å². The zero-order chi connectivity index (χ0) is 13.1. The summed E-state index contributed by atoms with van der Waals surface area (Å²) in [6.07, 6.45) is 4.67. The maximum Gasteiger partial charge on any atom is 0.0522 e. The van der Waals surface area contributed by atoms with Gasteiger partial charge in [-0.3, -0.25) is 20.9 Å². The fourth-order valence-electron chi connectivity index (χ4n) is 2.14. The molecule has 3 N–H and O–H groups in total. The number of nitrogens with zero attached hydrogens (tertiary/aromatic N) is 3. The van der Waals surface area contributed by atoms with Gasteiger partial charge in [0.2, 0.25) is 0 Å². The second-order valence-electron chi connectivity index (χ2n) is 4.57. The van der Waals surface area contributed by atoms with Gasteiger partial charge in [0.15, 0.2) is 0 Å². The number of aromatic nitrogens is 3. The molecule has 1 unspecified atom stereocenters. The van der Waals surface area contributed by atoms with Gasteiger partial charge in [-0.2, -0.15) is 5.10 Å². The maximum atomic E-state index is 5.66. The van der Waals surface area contributed by atoms with Crippen LogP contribution in [0.3, 0.4) is 0 Å². The Labute approximate surface area is 107 Å². The molecule has 0 aliphatic heterocycles. The summed E-state index contributed by atoms with van der Waals surface area (Å²) in [7, 11) is 1.91. The topological polar surface area (TPSA) is 68.8 Å². The third kappa shape index (κ3) is 2.75. The molecule has 0 spiro atoms. The van der Waals surface area contributed by atoms with Gasteiger partial charge in [-0.25, -0.2) is 0 Å². The molecule has 0 aliphatic carbocycles. The van der Waals surface area contributed by atoms with E-state index in [9.17, 15) is 0 Å². The molecule has 2 heterocycles. The molecule has 2 aromatic rings. The molecule has 2 rings (SSSR count). The van der Waals surface area contributed by atoms with Crippen LogP contribution in [0.4, 0.5) is 0 Å². The Morgan fingerprint density at radius 3 is 2.72 bits per heavy atom. The molecule has 0 aromatic carbocycles. The molecule has 0 bridgehead atoms. The summed E-state index contributed by atoms with van der Waals surface area (Å²) in [5, 5.41) is 4.17. The number of hydrazine groups is 1. The first kappa shape index (κ1) is 12.7. The lowest BCUT2D eigenvalue weighted by atomic mass is 10.00. The van der Waals surface area contributed by atoms with Crippen molar-refractivity contribution in [1.29, 1.82) is 0 Å². The lowest BCUT2D eigenvalue weighted by Crippen LogP contribution is -2.30. The Hall–Kier alpha value is -1.72. The molecule has 2 aromatic heterocycles. The highest BCUT2D eigenvalue weighted by Crippen LogP contribution is 2.20. The minimum absolute atomic E-state index is 0.0577. The highest BCUT2D eigenvalue weighted by Gasteiger charge is 2.14. The molecular weight excluding hydrogens is 226 g/mol. The van der Waals surface area contributed by atoms with Crippen LogP contribution in [0.25, 0.3) is 0 Å². The molecule has 0 amide bonds. The van der Waals surface area contributed by atoms with E-state index in [-0.39, 0.29) is 6.04 Å². The quantitative estimate of drug-likeness (QED) is 0.627. The molecule has 0 saturated heterocycles. The van der Waals surface area contributed by atoms with Gasteiger partial charge in [-0.05, 0) is 37.5 Å². The van der Waals surface area contributed by atoms with Gasteiger partial charge in [0.25, 0.3) is 0 Å². The van der Waals surface area contributed by atoms with Crippen molar-refractivity contribution in [2.24, 2.45) is 12.9 Å². The van der Waals surface area contributed by atoms with Crippen LogP contribution in [0.15, 0.2) is 24.5 Å².